The second-order valence-corrected chi connectivity index (χ2v) is 2.79. The Morgan fingerprint density at radius 2 is 2.08 bits per heavy atom. The monoisotopic (exact) mass is 177 g/mol. The summed E-state index contributed by atoms with van der Waals surface area (Å²) in [5.41, 5.74) is 0. The van der Waals surface area contributed by atoms with Crippen molar-refractivity contribution < 1.29 is 14.6 Å². The Labute approximate surface area is 73.9 Å². The summed E-state index contributed by atoms with van der Waals surface area (Å²) in [5, 5.41) is 12.0. The van der Waals surface area contributed by atoms with Gasteiger partial charge in [-0.1, -0.05) is 0 Å². The lowest BCUT2D eigenvalue weighted by molar-refractivity contribution is 0.0921. The Morgan fingerprint density at radius 3 is 2.50 bits per heavy atom. The first kappa shape index (κ1) is 11.8. The topological polar surface area (TPSA) is 50.7 Å². The molecule has 0 heterocycles. The molecule has 4 heteroatoms. The highest BCUT2D eigenvalue weighted by atomic mass is 16.5. The average molecular weight is 177 g/mol. The van der Waals surface area contributed by atoms with Crippen LogP contribution in [0.4, 0.5) is 0 Å². The van der Waals surface area contributed by atoms with Crippen LogP contribution in [0.25, 0.3) is 0 Å². The van der Waals surface area contributed by atoms with Gasteiger partial charge in [-0.05, 0) is 6.92 Å². The second kappa shape index (κ2) is 7.49. The third-order valence-electron chi connectivity index (χ3n) is 1.68. The van der Waals surface area contributed by atoms with Crippen LogP contribution in [0.5, 0.6) is 0 Å². The molecule has 0 spiro atoms. The van der Waals surface area contributed by atoms with E-state index in [0.29, 0.717) is 6.61 Å². The van der Waals surface area contributed by atoms with Gasteiger partial charge in [-0.3, -0.25) is 0 Å². The predicted molar refractivity (Wildman–Crippen MR) is 47.2 cm³/mol. The molecular weight excluding hydrogens is 158 g/mol. The molecule has 0 radical (unpaired) electrons. The molecule has 0 aromatic rings. The summed E-state index contributed by atoms with van der Waals surface area (Å²) in [5.74, 6) is 0. The van der Waals surface area contributed by atoms with E-state index in [4.69, 9.17) is 14.6 Å². The van der Waals surface area contributed by atoms with Crippen LogP contribution in [0.2, 0.25) is 0 Å². The van der Waals surface area contributed by atoms with E-state index in [2.05, 4.69) is 5.32 Å². The molecule has 0 aliphatic carbocycles. The van der Waals surface area contributed by atoms with Crippen LogP contribution >= 0.6 is 0 Å². The standard InChI is InChI=1S/C8H19NO3/c1-7(12-3)4-9-8(5-10)6-11-2/h7-10H,4-6H2,1-3H3. The zero-order valence-corrected chi connectivity index (χ0v) is 8.04. The van der Waals surface area contributed by atoms with Gasteiger partial charge in [-0.25, -0.2) is 0 Å². The minimum atomic E-state index is 0.00704. The fourth-order valence-electron chi connectivity index (χ4n) is 0.793. The summed E-state index contributed by atoms with van der Waals surface area (Å²) in [6.45, 7) is 3.30. The fraction of sp³-hybridized carbons (Fsp3) is 1.00. The van der Waals surface area contributed by atoms with E-state index in [9.17, 15) is 0 Å². The molecule has 2 N–H and O–H groups in total. The van der Waals surface area contributed by atoms with Gasteiger partial charge < -0.3 is 19.9 Å². The molecule has 0 saturated carbocycles. The number of nitrogens with one attached hydrogen (secondary N) is 1. The van der Waals surface area contributed by atoms with Crippen molar-refractivity contribution >= 4 is 0 Å². The van der Waals surface area contributed by atoms with E-state index in [1.165, 1.54) is 0 Å². The van der Waals surface area contributed by atoms with Crippen molar-refractivity contribution in [2.24, 2.45) is 0 Å². The number of aliphatic hydroxyl groups excluding tert-OH is 1. The molecule has 0 bridgehead atoms. The van der Waals surface area contributed by atoms with Gasteiger partial charge in [0.1, 0.15) is 0 Å². The van der Waals surface area contributed by atoms with Gasteiger partial charge in [-0.15, -0.1) is 0 Å². The minimum Gasteiger partial charge on any atom is -0.395 e. The first-order valence-corrected chi connectivity index (χ1v) is 4.10. The maximum atomic E-state index is 8.86. The highest BCUT2D eigenvalue weighted by Crippen LogP contribution is 1.88. The molecule has 0 aliphatic heterocycles. The molecule has 0 saturated heterocycles. The minimum absolute atomic E-state index is 0.00704. The molecule has 0 aromatic heterocycles. The van der Waals surface area contributed by atoms with E-state index < -0.39 is 0 Å². The summed E-state index contributed by atoms with van der Waals surface area (Å²) in [7, 11) is 3.28. The maximum absolute atomic E-state index is 8.86. The SMILES string of the molecule is COCC(CO)NCC(C)OC. The van der Waals surface area contributed by atoms with Gasteiger partial charge in [0.05, 0.1) is 25.4 Å². The Balaban J connectivity index is 3.43. The molecule has 0 fully saturated rings. The van der Waals surface area contributed by atoms with E-state index in [-0.39, 0.29) is 18.8 Å². The van der Waals surface area contributed by atoms with Crippen LogP contribution < -0.4 is 5.32 Å². The molecule has 0 amide bonds. The molecular formula is C8H19NO3. The van der Waals surface area contributed by atoms with Gasteiger partial charge in [0.15, 0.2) is 0 Å². The number of hydrogen-bond acceptors (Lipinski definition) is 4. The quantitative estimate of drug-likeness (QED) is 0.556. The average Bonchev–Trinajstić information content (AvgIpc) is 2.11. The van der Waals surface area contributed by atoms with E-state index in [1.807, 2.05) is 6.92 Å². The van der Waals surface area contributed by atoms with Crippen LogP contribution in [0.15, 0.2) is 0 Å². The lowest BCUT2D eigenvalue weighted by atomic mass is 10.3. The Morgan fingerprint density at radius 1 is 1.42 bits per heavy atom. The molecule has 74 valence electrons. The molecule has 0 aliphatic rings. The maximum Gasteiger partial charge on any atom is 0.0667 e. The van der Waals surface area contributed by atoms with Crippen molar-refractivity contribution in [3.8, 4) is 0 Å². The van der Waals surface area contributed by atoms with Gasteiger partial charge in [0, 0.05) is 20.8 Å². The molecule has 2 unspecified atom stereocenters. The van der Waals surface area contributed by atoms with Crippen molar-refractivity contribution in [2.45, 2.75) is 19.1 Å². The number of methoxy groups -OCH3 is 2. The van der Waals surface area contributed by atoms with E-state index in [0.717, 1.165) is 6.54 Å². The van der Waals surface area contributed by atoms with Gasteiger partial charge >= 0.3 is 0 Å². The lowest BCUT2D eigenvalue weighted by Crippen LogP contribution is -2.40. The summed E-state index contributed by atoms with van der Waals surface area (Å²) in [6.07, 6.45) is 0.163. The number of aliphatic hydroxyl groups is 1. The van der Waals surface area contributed by atoms with Crippen molar-refractivity contribution in [3.63, 3.8) is 0 Å². The molecule has 0 aromatic carbocycles. The van der Waals surface area contributed by atoms with Gasteiger partial charge in [0.25, 0.3) is 0 Å². The Kier molecular flexibility index (Phi) is 7.39. The second-order valence-electron chi connectivity index (χ2n) is 2.79. The zero-order valence-electron chi connectivity index (χ0n) is 8.04. The van der Waals surface area contributed by atoms with E-state index in [1.54, 1.807) is 14.2 Å². The van der Waals surface area contributed by atoms with Crippen molar-refractivity contribution in [1.82, 2.24) is 5.32 Å². The highest BCUT2D eigenvalue weighted by molar-refractivity contribution is 4.66. The predicted octanol–water partition coefficient (Wildman–Crippen LogP) is -0.382. The Hall–Kier alpha value is -0.160. The number of ether oxygens (including phenoxy) is 2. The van der Waals surface area contributed by atoms with E-state index >= 15 is 0 Å². The zero-order chi connectivity index (χ0) is 9.40. The summed E-state index contributed by atoms with van der Waals surface area (Å²) in [6, 6.07) is 0.00704. The normalized spacial score (nSPS) is 16.0. The number of rotatable bonds is 7. The van der Waals surface area contributed by atoms with Gasteiger partial charge in [-0.2, -0.15) is 0 Å². The first-order chi connectivity index (χ1) is 5.74. The third-order valence-corrected chi connectivity index (χ3v) is 1.68. The van der Waals surface area contributed by atoms with Crippen LogP contribution in [0.1, 0.15) is 6.92 Å². The third kappa shape index (κ3) is 5.49. The van der Waals surface area contributed by atoms with Crippen molar-refractivity contribution in [2.75, 3.05) is 34.0 Å². The lowest BCUT2D eigenvalue weighted by Gasteiger charge is -2.17. The molecule has 4 nitrogen and oxygen atoms in total. The van der Waals surface area contributed by atoms with Crippen LogP contribution in [0, 0.1) is 0 Å². The molecule has 12 heavy (non-hydrogen) atoms. The summed E-state index contributed by atoms with van der Waals surface area (Å²) in [4.78, 5) is 0. The highest BCUT2D eigenvalue weighted by Gasteiger charge is 2.07. The van der Waals surface area contributed by atoms with Crippen LogP contribution in [-0.4, -0.2) is 51.2 Å². The van der Waals surface area contributed by atoms with Crippen molar-refractivity contribution in [1.29, 1.82) is 0 Å². The largest absolute Gasteiger partial charge is 0.395 e. The van der Waals surface area contributed by atoms with Crippen LogP contribution in [-0.2, 0) is 9.47 Å². The van der Waals surface area contributed by atoms with Crippen molar-refractivity contribution in [3.05, 3.63) is 0 Å². The molecule has 0 rings (SSSR count). The smallest absolute Gasteiger partial charge is 0.0667 e. The fourth-order valence-corrected chi connectivity index (χ4v) is 0.793. The summed E-state index contributed by atoms with van der Waals surface area (Å²) < 4.78 is 9.94. The first-order valence-electron chi connectivity index (χ1n) is 4.10. The Bertz CT molecular complexity index is 100. The number of hydrogen-bond donors (Lipinski definition) is 2. The van der Waals surface area contributed by atoms with Gasteiger partial charge in [0.2, 0.25) is 0 Å². The van der Waals surface area contributed by atoms with Crippen LogP contribution in [0.3, 0.4) is 0 Å². The summed E-state index contributed by atoms with van der Waals surface area (Å²) >= 11 is 0. The molecule has 2 atom stereocenters.